The van der Waals surface area contributed by atoms with Crippen LogP contribution < -0.4 is 16.6 Å². The Morgan fingerprint density at radius 3 is 2.19 bits per heavy atom. The van der Waals surface area contributed by atoms with Gasteiger partial charge in [-0.1, -0.05) is 6.92 Å². The highest BCUT2D eigenvalue weighted by Crippen LogP contribution is 2.37. The second-order valence-corrected chi connectivity index (χ2v) is 6.15. The Morgan fingerprint density at radius 2 is 1.68 bits per heavy atom. The second kappa shape index (κ2) is 9.16. The number of hydrogen-bond acceptors (Lipinski definition) is 5. The summed E-state index contributed by atoms with van der Waals surface area (Å²) in [5.74, 6) is -1.85. The third-order valence-electron chi connectivity index (χ3n) is 3.82. The van der Waals surface area contributed by atoms with E-state index in [0.29, 0.717) is 18.6 Å². The third-order valence-corrected chi connectivity index (χ3v) is 3.82. The van der Waals surface area contributed by atoms with Gasteiger partial charge in [0.25, 0.3) is 11.8 Å². The summed E-state index contributed by atoms with van der Waals surface area (Å²) in [7, 11) is 0. The zero-order valence-corrected chi connectivity index (χ0v) is 15.8. The molecule has 0 radical (unpaired) electrons. The molecule has 0 aliphatic heterocycles. The molecule has 0 saturated heterocycles. The lowest BCUT2D eigenvalue weighted by Crippen LogP contribution is -2.48. The van der Waals surface area contributed by atoms with Gasteiger partial charge in [-0.25, -0.2) is 9.67 Å². The van der Waals surface area contributed by atoms with E-state index in [1.807, 2.05) is 5.43 Å². The average molecular weight is 450 g/mol. The molecule has 0 aliphatic carbocycles. The van der Waals surface area contributed by atoms with Crippen molar-refractivity contribution >= 4 is 18.0 Å². The summed E-state index contributed by atoms with van der Waals surface area (Å²) in [5, 5.41) is 3.73. The van der Waals surface area contributed by atoms with Crippen LogP contribution in [0, 0.1) is 0 Å². The summed E-state index contributed by atoms with van der Waals surface area (Å²) < 4.78 is 78.7. The first-order valence-electron chi connectivity index (χ1n) is 8.56. The van der Waals surface area contributed by atoms with Gasteiger partial charge in [-0.05, 0) is 24.6 Å². The van der Waals surface area contributed by atoms with Crippen LogP contribution in [0.1, 0.15) is 24.5 Å². The number of carbonyl (C=O) groups excluding carboxylic acids is 2. The van der Waals surface area contributed by atoms with Crippen LogP contribution in [0.5, 0.6) is 0 Å². The van der Waals surface area contributed by atoms with Crippen molar-refractivity contribution in [1.29, 1.82) is 0 Å². The Balaban J connectivity index is 2.19. The van der Waals surface area contributed by atoms with E-state index in [1.54, 1.807) is 6.92 Å². The molecule has 0 saturated carbocycles. The number of hydrazine groups is 1. The fourth-order valence-corrected chi connectivity index (χ4v) is 2.15. The van der Waals surface area contributed by atoms with Gasteiger partial charge in [-0.3, -0.25) is 20.4 Å². The fraction of sp³-hybridized carbons (Fsp3) is 0.294. The molecule has 14 heteroatoms. The van der Waals surface area contributed by atoms with Gasteiger partial charge in [0.15, 0.2) is 5.82 Å². The number of hydrogen-bond donors (Lipinski definition) is 3. The van der Waals surface area contributed by atoms with E-state index in [-0.39, 0.29) is 6.07 Å². The smallest absolute Gasteiger partial charge is 0.320 e. The Kier molecular flexibility index (Phi) is 7.05. The molecule has 0 aliphatic rings. The monoisotopic (exact) mass is 450 g/mol. The minimum atomic E-state index is -5.01. The van der Waals surface area contributed by atoms with Gasteiger partial charge in [-0.15, -0.1) is 5.10 Å². The lowest BCUT2D eigenvalue weighted by molar-refractivity contribution is -0.143. The highest BCUT2D eigenvalue weighted by Gasteiger charge is 2.37. The Hall–Kier alpha value is -3.42. The van der Waals surface area contributed by atoms with Crippen LogP contribution in [0.25, 0.3) is 17.6 Å². The van der Waals surface area contributed by atoms with Crippen LogP contribution in [0.15, 0.2) is 30.6 Å². The largest absolute Gasteiger partial charge is 0.416 e. The number of carbonyl (C=O) groups is 2. The van der Waals surface area contributed by atoms with Crippen molar-refractivity contribution in [2.24, 2.45) is 5.73 Å². The molecule has 2 rings (SSSR count). The predicted octanol–water partition coefficient (Wildman–Crippen LogP) is 2.34. The van der Waals surface area contributed by atoms with E-state index in [1.165, 1.54) is 0 Å². The van der Waals surface area contributed by atoms with E-state index >= 15 is 0 Å². The highest BCUT2D eigenvalue weighted by molar-refractivity contribution is 5.92. The standard InChI is InChI=1S/C17H16F6N6O2/c1-2-12(24)15(31)27-26-13(30)3-4-29-8-25-14(28-29)9-5-10(16(18,19)20)7-11(6-9)17(21,22)23/h3-8,12H,2,24H2,1H3,(H,26,30)(H,27,31)/b4-3-/t12-/m0/s1. The Bertz CT molecular complexity index is 950. The molecule has 2 aromatic rings. The summed E-state index contributed by atoms with van der Waals surface area (Å²) in [4.78, 5) is 26.8. The zero-order chi connectivity index (χ0) is 23.4. The van der Waals surface area contributed by atoms with Crippen LogP contribution in [0.2, 0.25) is 0 Å². The number of aromatic nitrogens is 3. The minimum Gasteiger partial charge on any atom is -0.320 e. The maximum atomic E-state index is 13.0. The van der Waals surface area contributed by atoms with E-state index in [0.717, 1.165) is 23.3 Å². The number of halogens is 6. The normalized spacial score (nSPS) is 13.3. The number of alkyl halides is 6. The Morgan fingerprint density at radius 1 is 1.10 bits per heavy atom. The van der Waals surface area contributed by atoms with Crippen molar-refractivity contribution in [2.45, 2.75) is 31.7 Å². The summed E-state index contributed by atoms with van der Waals surface area (Å²) in [6, 6.07) is 0.135. The molecule has 1 atom stereocenters. The number of nitrogens with two attached hydrogens (primary N) is 1. The first-order chi connectivity index (χ1) is 14.3. The zero-order valence-electron chi connectivity index (χ0n) is 15.8. The number of nitrogens with zero attached hydrogens (tertiary/aromatic N) is 3. The number of benzene rings is 1. The molecule has 0 fully saturated rings. The third kappa shape index (κ3) is 6.53. The average Bonchev–Trinajstić information content (AvgIpc) is 3.17. The maximum absolute atomic E-state index is 13.0. The SMILES string of the molecule is CC[C@H](N)C(=O)NNC(=O)/C=C\n1cnc(-c2cc(C(F)(F)F)cc(C(F)(F)F)c2)n1. The predicted molar refractivity (Wildman–Crippen MR) is 95.3 cm³/mol. The molecule has 1 aromatic carbocycles. The van der Waals surface area contributed by atoms with Gasteiger partial charge in [0.05, 0.1) is 17.2 Å². The Labute approximate surface area is 171 Å². The molecular weight excluding hydrogens is 434 g/mol. The summed E-state index contributed by atoms with van der Waals surface area (Å²) >= 11 is 0. The first-order valence-corrected chi connectivity index (χ1v) is 8.56. The highest BCUT2D eigenvalue weighted by atomic mass is 19.4. The number of amides is 2. The number of nitrogens with one attached hydrogen (secondary N) is 2. The van der Waals surface area contributed by atoms with Crippen LogP contribution in [-0.2, 0) is 21.9 Å². The quantitative estimate of drug-likeness (QED) is 0.368. The van der Waals surface area contributed by atoms with Crippen molar-refractivity contribution in [3.8, 4) is 11.4 Å². The van der Waals surface area contributed by atoms with Gasteiger partial charge >= 0.3 is 12.4 Å². The van der Waals surface area contributed by atoms with Gasteiger partial charge in [0.2, 0.25) is 0 Å². The molecule has 0 spiro atoms. The molecule has 0 bridgehead atoms. The van der Waals surface area contributed by atoms with E-state index in [9.17, 15) is 35.9 Å². The molecule has 1 heterocycles. The number of rotatable bonds is 5. The molecule has 168 valence electrons. The van der Waals surface area contributed by atoms with Gasteiger partial charge < -0.3 is 5.73 Å². The van der Waals surface area contributed by atoms with Crippen LogP contribution >= 0.6 is 0 Å². The van der Waals surface area contributed by atoms with Crippen LogP contribution in [0.4, 0.5) is 26.3 Å². The van der Waals surface area contributed by atoms with E-state index in [2.05, 4.69) is 15.5 Å². The van der Waals surface area contributed by atoms with Gasteiger partial charge in [0, 0.05) is 17.8 Å². The summed E-state index contributed by atoms with van der Waals surface area (Å²) in [6.07, 6.45) is -6.80. The molecule has 2 amide bonds. The first kappa shape index (κ1) is 23.9. The van der Waals surface area contributed by atoms with Crippen LogP contribution in [-0.4, -0.2) is 32.6 Å². The fourth-order valence-electron chi connectivity index (χ4n) is 2.15. The molecule has 31 heavy (non-hydrogen) atoms. The van der Waals surface area contributed by atoms with E-state index < -0.39 is 52.7 Å². The van der Waals surface area contributed by atoms with E-state index in [4.69, 9.17) is 5.73 Å². The van der Waals surface area contributed by atoms with Gasteiger partial charge in [-0.2, -0.15) is 26.3 Å². The van der Waals surface area contributed by atoms with Crippen molar-refractivity contribution in [2.75, 3.05) is 0 Å². The topological polar surface area (TPSA) is 115 Å². The van der Waals surface area contributed by atoms with Crippen molar-refractivity contribution in [1.82, 2.24) is 25.6 Å². The molecule has 0 unspecified atom stereocenters. The molecule has 4 N–H and O–H groups in total. The minimum absolute atomic E-state index is 0.0105. The van der Waals surface area contributed by atoms with Gasteiger partial charge in [0.1, 0.15) is 6.33 Å². The molecular formula is C17H16F6N6O2. The summed E-state index contributed by atoms with van der Waals surface area (Å²) in [6.45, 7) is 1.66. The lowest BCUT2D eigenvalue weighted by Gasteiger charge is -2.13. The van der Waals surface area contributed by atoms with Crippen molar-refractivity contribution in [3.05, 3.63) is 41.7 Å². The van der Waals surface area contributed by atoms with Crippen molar-refractivity contribution < 1.29 is 35.9 Å². The molecule has 1 aromatic heterocycles. The lowest BCUT2D eigenvalue weighted by atomic mass is 10.0. The summed E-state index contributed by atoms with van der Waals surface area (Å²) in [5.41, 5.74) is 6.03. The van der Waals surface area contributed by atoms with Crippen LogP contribution in [0.3, 0.4) is 0 Å². The maximum Gasteiger partial charge on any atom is 0.416 e. The second-order valence-electron chi connectivity index (χ2n) is 6.15. The molecule has 8 nitrogen and oxygen atoms in total. The van der Waals surface area contributed by atoms with Crippen molar-refractivity contribution in [3.63, 3.8) is 0 Å².